The summed E-state index contributed by atoms with van der Waals surface area (Å²) in [6.45, 7) is 0.961. The highest BCUT2D eigenvalue weighted by atomic mass is 16.6. The number of nitrogens with zero attached hydrogens (tertiary/aromatic N) is 3. The first-order valence-electron chi connectivity index (χ1n) is 12.3. The highest BCUT2D eigenvalue weighted by Gasteiger charge is 2.23. The number of methoxy groups -OCH3 is 1. The molecule has 35 heavy (non-hydrogen) atoms. The number of amides is 1. The van der Waals surface area contributed by atoms with Crippen molar-refractivity contribution in [2.75, 3.05) is 41.5 Å². The van der Waals surface area contributed by atoms with Crippen molar-refractivity contribution in [3.8, 4) is 5.75 Å². The molecule has 0 atom stereocenters. The van der Waals surface area contributed by atoms with E-state index >= 15 is 0 Å². The number of hydrazine groups is 1. The molecule has 10 nitrogen and oxygen atoms in total. The Kier molecular flexibility index (Phi) is 12.1. The summed E-state index contributed by atoms with van der Waals surface area (Å²) in [6, 6.07) is 3.69. The van der Waals surface area contributed by atoms with Gasteiger partial charge in [0.25, 0.3) is 0 Å². The molecule has 0 radical (unpaired) electrons. The second kappa shape index (κ2) is 14.8. The molecule has 2 fully saturated rings. The summed E-state index contributed by atoms with van der Waals surface area (Å²) >= 11 is 0. The molecular formula is C25H43N5O5. The van der Waals surface area contributed by atoms with Crippen LogP contribution in [0.2, 0.25) is 0 Å². The molecule has 0 spiro atoms. The average molecular weight is 494 g/mol. The van der Waals surface area contributed by atoms with Crippen molar-refractivity contribution in [3.63, 3.8) is 0 Å². The van der Waals surface area contributed by atoms with Gasteiger partial charge in [0.05, 0.1) is 29.8 Å². The summed E-state index contributed by atoms with van der Waals surface area (Å²) in [5.41, 5.74) is 8.45. The van der Waals surface area contributed by atoms with Crippen LogP contribution in [-0.4, -0.2) is 73.7 Å². The van der Waals surface area contributed by atoms with Crippen molar-refractivity contribution in [2.45, 2.75) is 64.1 Å². The van der Waals surface area contributed by atoms with E-state index < -0.39 is 6.09 Å². The van der Waals surface area contributed by atoms with Crippen LogP contribution in [0.15, 0.2) is 17.8 Å². The van der Waals surface area contributed by atoms with Crippen LogP contribution in [-0.2, 0) is 16.1 Å². The monoisotopic (exact) mass is 493 g/mol. The zero-order valence-corrected chi connectivity index (χ0v) is 21.7. The van der Waals surface area contributed by atoms with Gasteiger partial charge in [0.15, 0.2) is 0 Å². The number of carbonyl (C=O) groups is 1. The molecule has 3 rings (SSSR count). The lowest BCUT2D eigenvalue weighted by atomic mass is 9.85. The largest absolute Gasteiger partial charge is 0.488 e. The first-order chi connectivity index (χ1) is 16.9. The third-order valence-corrected chi connectivity index (χ3v) is 6.47. The Labute approximate surface area is 209 Å². The van der Waals surface area contributed by atoms with Crippen molar-refractivity contribution in [1.82, 2.24) is 14.9 Å². The van der Waals surface area contributed by atoms with E-state index in [1.165, 1.54) is 30.7 Å². The van der Waals surface area contributed by atoms with Crippen LogP contribution < -0.4 is 16.3 Å². The van der Waals surface area contributed by atoms with E-state index in [1.54, 1.807) is 32.2 Å². The molecule has 2 saturated carbocycles. The van der Waals surface area contributed by atoms with Crippen LogP contribution in [0.5, 0.6) is 5.75 Å². The van der Waals surface area contributed by atoms with Gasteiger partial charge in [-0.2, -0.15) is 0 Å². The molecule has 1 heterocycles. The van der Waals surface area contributed by atoms with Gasteiger partial charge in [-0.05, 0) is 56.6 Å². The second-order valence-corrected chi connectivity index (χ2v) is 9.16. The van der Waals surface area contributed by atoms with E-state index in [0.717, 1.165) is 32.8 Å². The van der Waals surface area contributed by atoms with Crippen LogP contribution in [0.4, 0.5) is 4.79 Å². The van der Waals surface area contributed by atoms with Gasteiger partial charge in [0.1, 0.15) is 18.1 Å². The van der Waals surface area contributed by atoms with Gasteiger partial charge >= 0.3 is 6.09 Å². The normalized spacial score (nSPS) is 16.9. The Hall–Kier alpha value is -2.56. The van der Waals surface area contributed by atoms with E-state index in [4.69, 9.17) is 30.9 Å². The Morgan fingerprint density at radius 3 is 2.37 bits per heavy atom. The molecule has 0 aliphatic heterocycles. The van der Waals surface area contributed by atoms with Crippen molar-refractivity contribution in [3.05, 3.63) is 29.2 Å². The number of aliphatic hydroxyl groups is 1. The number of ether oxygens (including phenoxy) is 3. The number of aliphatic hydroxyl groups excluding tert-OH is 1. The number of carbonyl (C=O) groups excluding carboxylic acids is 1. The predicted octanol–water partition coefficient (Wildman–Crippen LogP) is 2.85. The highest BCUT2D eigenvalue weighted by molar-refractivity contribution is 5.68. The average Bonchev–Trinajstić information content (AvgIpc) is 2.84. The minimum atomic E-state index is -0.390. The lowest BCUT2D eigenvalue weighted by Gasteiger charge is -2.30. The molecule has 1 aromatic heterocycles. The molecule has 10 heteroatoms. The van der Waals surface area contributed by atoms with Crippen molar-refractivity contribution in [1.29, 1.82) is 0 Å². The maximum atomic E-state index is 12.4. The topological polar surface area (TPSA) is 136 Å². The fraction of sp³-hybridized carbons (Fsp3) is 0.680. The van der Waals surface area contributed by atoms with Crippen LogP contribution in [0.25, 0.3) is 5.70 Å². The van der Waals surface area contributed by atoms with Crippen molar-refractivity contribution < 1.29 is 24.1 Å². The molecule has 0 saturated heterocycles. The van der Waals surface area contributed by atoms with E-state index in [9.17, 15) is 4.79 Å². The number of nitrogens with two attached hydrogens (primary N) is 2. The fourth-order valence-corrected chi connectivity index (χ4v) is 4.24. The predicted molar refractivity (Wildman–Crippen MR) is 135 cm³/mol. The van der Waals surface area contributed by atoms with Crippen LogP contribution >= 0.6 is 0 Å². The number of likely N-dealkylation sites (N-methyl/N-ethyl adjacent to an activating group) is 1. The summed E-state index contributed by atoms with van der Waals surface area (Å²) in [4.78, 5) is 18.7. The van der Waals surface area contributed by atoms with Gasteiger partial charge in [-0.3, -0.25) is 0 Å². The summed E-state index contributed by atoms with van der Waals surface area (Å²) in [6.07, 6.45) is 9.12. The fourth-order valence-electron chi connectivity index (χ4n) is 4.24. The summed E-state index contributed by atoms with van der Waals surface area (Å²) in [5, 5.41) is 8.36. The molecule has 2 aliphatic rings. The Bertz CT molecular complexity index is 822. The molecule has 198 valence electrons. The molecule has 1 aromatic rings. The number of hydrogen-bond acceptors (Lipinski definition) is 9. The van der Waals surface area contributed by atoms with Gasteiger partial charge in [-0.25, -0.2) is 15.6 Å². The lowest BCUT2D eigenvalue weighted by molar-refractivity contribution is 0.101. The van der Waals surface area contributed by atoms with E-state index in [-0.39, 0.29) is 12.7 Å². The van der Waals surface area contributed by atoms with E-state index in [1.807, 2.05) is 6.07 Å². The Balaban J connectivity index is 0.00000210. The van der Waals surface area contributed by atoms with Gasteiger partial charge in [0.2, 0.25) is 0 Å². The molecule has 5 N–H and O–H groups in total. The SMILES string of the molecule is CO.COCc1nc(/C(N)=C(\COC(=O)N(C)CC2CCC2)N(C)N)ccc1OC1CCCCC1. The Morgan fingerprint density at radius 2 is 1.80 bits per heavy atom. The molecular weight excluding hydrogens is 450 g/mol. The molecule has 0 aromatic carbocycles. The quantitative estimate of drug-likeness (QED) is 0.332. The summed E-state index contributed by atoms with van der Waals surface area (Å²) < 4.78 is 17.1. The van der Waals surface area contributed by atoms with Crippen molar-refractivity contribution >= 4 is 11.8 Å². The summed E-state index contributed by atoms with van der Waals surface area (Å²) in [7, 11) is 6.03. The minimum Gasteiger partial charge on any atom is -0.488 e. The van der Waals surface area contributed by atoms with Gasteiger partial charge < -0.3 is 35.0 Å². The minimum absolute atomic E-state index is 0.0473. The maximum Gasteiger partial charge on any atom is 0.409 e. The molecule has 1 amide bonds. The standard InChI is InChI=1S/C24H39N5O4.CH4O/c1-28(14-17-8-7-9-17)24(30)32-16-21(29(2)26)23(25)19-12-13-22(20(27-19)15-31-3)33-18-10-5-4-6-11-18;1-2/h12-13,17-18H,4-11,14-16,25-26H2,1-3H3;2H,1H3/b23-21-;. The van der Waals surface area contributed by atoms with Gasteiger partial charge in [0, 0.05) is 34.9 Å². The number of hydrogen-bond donors (Lipinski definition) is 3. The number of pyridine rings is 1. The third kappa shape index (κ3) is 8.55. The lowest BCUT2D eigenvalue weighted by Crippen LogP contribution is -2.37. The van der Waals surface area contributed by atoms with Crippen molar-refractivity contribution in [2.24, 2.45) is 17.5 Å². The summed E-state index contributed by atoms with van der Waals surface area (Å²) in [5.74, 6) is 7.29. The van der Waals surface area contributed by atoms with Crippen LogP contribution in [0.1, 0.15) is 62.8 Å². The second-order valence-electron chi connectivity index (χ2n) is 9.16. The number of rotatable bonds is 10. The third-order valence-electron chi connectivity index (χ3n) is 6.47. The maximum absolute atomic E-state index is 12.4. The Morgan fingerprint density at radius 1 is 1.11 bits per heavy atom. The first-order valence-corrected chi connectivity index (χ1v) is 12.3. The first kappa shape index (κ1) is 28.7. The molecule has 2 aliphatic carbocycles. The van der Waals surface area contributed by atoms with E-state index in [0.29, 0.717) is 47.6 Å². The molecule has 0 bridgehead atoms. The molecule has 0 unspecified atom stereocenters. The smallest absolute Gasteiger partial charge is 0.409 e. The zero-order valence-electron chi connectivity index (χ0n) is 21.7. The zero-order chi connectivity index (χ0) is 25.8. The van der Waals surface area contributed by atoms with Gasteiger partial charge in [-0.1, -0.05) is 12.8 Å². The van der Waals surface area contributed by atoms with Gasteiger partial charge in [-0.15, -0.1) is 0 Å². The highest BCUT2D eigenvalue weighted by Crippen LogP contribution is 2.28. The van der Waals surface area contributed by atoms with E-state index in [2.05, 4.69) is 4.98 Å². The van der Waals surface area contributed by atoms with Crippen LogP contribution in [0, 0.1) is 5.92 Å². The van der Waals surface area contributed by atoms with Crippen LogP contribution in [0.3, 0.4) is 0 Å². The number of aromatic nitrogens is 1.